The van der Waals surface area contributed by atoms with Crippen molar-refractivity contribution in [1.82, 2.24) is 5.16 Å². The van der Waals surface area contributed by atoms with Gasteiger partial charge in [-0.1, -0.05) is 5.16 Å². The molecule has 0 spiro atoms. The molecule has 6 nitrogen and oxygen atoms in total. The molecular weight excluding hydrogens is 248 g/mol. The summed E-state index contributed by atoms with van der Waals surface area (Å²) in [5, 5.41) is 3.66. The number of nitrogen functional groups attached to an aromatic ring is 1. The molecule has 19 heavy (non-hydrogen) atoms. The Morgan fingerprint density at radius 3 is 2.21 bits per heavy atom. The average Bonchev–Trinajstić information content (AvgIpc) is 2.85. The van der Waals surface area contributed by atoms with E-state index in [1.165, 1.54) is 0 Å². The van der Waals surface area contributed by atoms with Gasteiger partial charge in [0.05, 0.1) is 38.2 Å². The third-order valence-corrected chi connectivity index (χ3v) is 2.81. The van der Waals surface area contributed by atoms with Crippen molar-refractivity contribution in [2.24, 2.45) is 0 Å². The molecule has 1 aromatic heterocycles. The minimum atomic E-state index is 0.253. The lowest BCUT2D eigenvalue weighted by atomic mass is 10.0. The average molecular weight is 264 g/mol. The zero-order valence-electron chi connectivity index (χ0n) is 11.1. The molecule has 2 N–H and O–H groups in total. The summed E-state index contributed by atoms with van der Waals surface area (Å²) in [5.41, 5.74) is 8.06. The summed E-state index contributed by atoms with van der Waals surface area (Å²) in [6.07, 6.45) is 1.56. The van der Waals surface area contributed by atoms with Gasteiger partial charge in [0, 0.05) is 7.11 Å². The molecule has 1 heterocycles. The van der Waals surface area contributed by atoms with Gasteiger partial charge in [0.15, 0.2) is 0 Å². The van der Waals surface area contributed by atoms with Crippen LogP contribution in [0.25, 0.3) is 11.1 Å². The molecule has 0 radical (unpaired) electrons. The van der Waals surface area contributed by atoms with E-state index in [2.05, 4.69) is 5.16 Å². The van der Waals surface area contributed by atoms with Gasteiger partial charge in [-0.05, 0) is 17.7 Å². The van der Waals surface area contributed by atoms with Crippen molar-refractivity contribution < 1.29 is 18.7 Å². The Morgan fingerprint density at radius 1 is 1.16 bits per heavy atom. The van der Waals surface area contributed by atoms with Gasteiger partial charge in [0.2, 0.25) is 5.88 Å². The van der Waals surface area contributed by atoms with Crippen molar-refractivity contribution in [2.45, 2.75) is 6.61 Å². The van der Waals surface area contributed by atoms with E-state index < -0.39 is 0 Å². The van der Waals surface area contributed by atoms with Gasteiger partial charge in [-0.15, -0.1) is 0 Å². The van der Waals surface area contributed by atoms with Crippen LogP contribution in [0.5, 0.6) is 11.5 Å². The number of hydrogen-bond acceptors (Lipinski definition) is 6. The summed E-state index contributed by atoms with van der Waals surface area (Å²) >= 11 is 0. The number of hydrogen-bond donors (Lipinski definition) is 1. The molecule has 0 bridgehead atoms. The van der Waals surface area contributed by atoms with Gasteiger partial charge in [-0.25, -0.2) is 0 Å². The molecule has 0 saturated carbocycles. The van der Waals surface area contributed by atoms with E-state index in [0.717, 1.165) is 11.1 Å². The van der Waals surface area contributed by atoms with Crippen LogP contribution in [0.4, 0.5) is 5.88 Å². The highest BCUT2D eigenvalue weighted by molar-refractivity contribution is 5.75. The van der Waals surface area contributed by atoms with Crippen LogP contribution in [0.2, 0.25) is 0 Å². The Labute approximate surface area is 111 Å². The Balaban J connectivity index is 2.56. The van der Waals surface area contributed by atoms with Crippen molar-refractivity contribution >= 4 is 5.88 Å². The summed E-state index contributed by atoms with van der Waals surface area (Å²) in [6, 6.07) is 3.69. The third-order valence-electron chi connectivity index (χ3n) is 2.81. The van der Waals surface area contributed by atoms with Crippen LogP contribution in [0, 0.1) is 0 Å². The highest BCUT2D eigenvalue weighted by Crippen LogP contribution is 2.37. The Bertz CT molecular complexity index is 541. The van der Waals surface area contributed by atoms with Crippen molar-refractivity contribution in [3.63, 3.8) is 0 Å². The summed E-state index contributed by atoms with van der Waals surface area (Å²) in [5.74, 6) is 1.58. The number of ether oxygens (including phenoxy) is 3. The summed E-state index contributed by atoms with van der Waals surface area (Å²) in [6.45, 7) is 0.395. The molecule has 0 aliphatic carbocycles. The fraction of sp³-hybridized carbons (Fsp3) is 0.308. The third kappa shape index (κ3) is 2.48. The largest absolute Gasteiger partial charge is 0.496 e. The van der Waals surface area contributed by atoms with Crippen LogP contribution in [-0.2, 0) is 11.3 Å². The minimum absolute atomic E-state index is 0.253. The fourth-order valence-corrected chi connectivity index (χ4v) is 1.89. The lowest BCUT2D eigenvalue weighted by Crippen LogP contribution is -1.99. The van der Waals surface area contributed by atoms with Gasteiger partial charge in [0.25, 0.3) is 0 Å². The van der Waals surface area contributed by atoms with Crippen molar-refractivity contribution in [2.75, 3.05) is 27.1 Å². The molecule has 0 saturated heterocycles. The summed E-state index contributed by atoms with van der Waals surface area (Å²) in [4.78, 5) is 0. The first-order valence-corrected chi connectivity index (χ1v) is 5.65. The Hall–Kier alpha value is -2.21. The maximum atomic E-state index is 5.72. The number of rotatable bonds is 5. The van der Waals surface area contributed by atoms with Crippen molar-refractivity contribution in [3.05, 3.63) is 23.9 Å². The highest BCUT2D eigenvalue weighted by Gasteiger charge is 2.16. The molecule has 0 aliphatic heterocycles. The second-order valence-corrected chi connectivity index (χ2v) is 3.90. The SMILES string of the molecule is COCc1c(OC)cc(-c2cnoc2N)cc1OC. The molecule has 0 unspecified atom stereocenters. The second kappa shape index (κ2) is 5.62. The van der Waals surface area contributed by atoms with Crippen LogP contribution in [0.1, 0.15) is 5.56 Å². The maximum absolute atomic E-state index is 5.72. The fourth-order valence-electron chi connectivity index (χ4n) is 1.89. The number of nitrogens with two attached hydrogens (primary N) is 1. The lowest BCUT2D eigenvalue weighted by molar-refractivity contribution is 0.178. The van der Waals surface area contributed by atoms with Crippen LogP contribution < -0.4 is 15.2 Å². The van der Waals surface area contributed by atoms with E-state index in [9.17, 15) is 0 Å². The highest BCUT2D eigenvalue weighted by atomic mass is 16.5. The molecule has 0 fully saturated rings. The van der Waals surface area contributed by atoms with Gasteiger partial charge >= 0.3 is 0 Å². The molecule has 0 aliphatic rings. The van der Waals surface area contributed by atoms with Crippen LogP contribution in [0.3, 0.4) is 0 Å². The molecule has 0 amide bonds. The van der Waals surface area contributed by atoms with Gasteiger partial charge < -0.3 is 24.5 Å². The van der Waals surface area contributed by atoms with Gasteiger partial charge in [-0.2, -0.15) is 0 Å². The van der Waals surface area contributed by atoms with E-state index in [-0.39, 0.29) is 5.88 Å². The predicted molar refractivity (Wildman–Crippen MR) is 70.2 cm³/mol. The first-order valence-electron chi connectivity index (χ1n) is 5.65. The van der Waals surface area contributed by atoms with Gasteiger partial charge in [0.1, 0.15) is 11.5 Å². The number of anilines is 1. The Kier molecular flexibility index (Phi) is 3.91. The van der Waals surface area contributed by atoms with E-state index in [0.29, 0.717) is 23.7 Å². The molecular formula is C13H16N2O4. The van der Waals surface area contributed by atoms with E-state index in [1.54, 1.807) is 27.5 Å². The molecule has 2 rings (SSSR count). The zero-order chi connectivity index (χ0) is 13.8. The number of benzene rings is 1. The first-order chi connectivity index (χ1) is 9.21. The van der Waals surface area contributed by atoms with Crippen molar-refractivity contribution in [3.8, 4) is 22.6 Å². The molecule has 2 aromatic rings. The van der Waals surface area contributed by atoms with Crippen LogP contribution >= 0.6 is 0 Å². The van der Waals surface area contributed by atoms with E-state index in [4.69, 9.17) is 24.5 Å². The zero-order valence-corrected chi connectivity index (χ0v) is 11.1. The normalized spacial score (nSPS) is 10.5. The van der Waals surface area contributed by atoms with Crippen LogP contribution in [-0.4, -0.2) is 26.5 Å². The van der Waals surface area contributed by atoms with E-state index >= 15 is 0 Å². The standard InChI is InChI=1S/C13H16N2O4/c1-16-7-10-11(17-2)4-8(5-12(10)18-3)9-6-15-19-13(9)14/h4-6H,7,14H2,1-3H3. The summed E-state index contributed by atoms with van der Waals surface area (Å²) < 4.78 is 20.8. The number of aromatic nitrogens is 1. The summed E-state index contributed by atoms with van der Waals surface area (Å²) in [7, 11) is 4.80. The lowest BCUT2D eigenvalue weighted by Gasteiger charge is -2.14. The predicted octanol–water partition coefficient (Wildman–Crippen LogP) is 2.09. The quantitative estimate of drug-likeness (QED) is 0.890. The second-order valence-electron chi connectivity index (χ2n) is 3.90. The first kappa shape index (κ1) is 13.2. The van der Waals surface area contributed by atoms with Gasteiger partial charge in [-0.3, -0.25) is 0 Å². The van der Waals surface area contributed by atoms with Crippen LogP contribution in [0.15, 0.2) is 22.9 Å². The smallest absolute Gasteiger partial charge is 0.229 e. The molecule has 102 valence electrons. The maximum Gasteiger partial charge on any atom is 0.229 e. The van der Waals surface area contributed by atoms with E-state index in [1.807, 2.05) is 12.1 Å². The van der Waals surface area contributed by atoms with Crippen molar-refractivity contribution in [1.29, 1.82) is 0 Å². The topological polar surface area (TPSA) is 79.7 Å². The molecule has 1 aromatic carbocycles. The number of methoxy groups -OCH3 is 3. The molecule has 6 heteroatoms. The number of nitrogens with zero attached hydrogens (tertiary/aromatic N) is 1. The minimum Gasteiger partial charge on any atom is -0.496 e. The monoisotopic (exact) mass is 264 g/mol. The Morgan fingerprint density at radius 2 is 1.79 bits per heavy atom. The molecule has 0 atom stereocenters.